The molecule has 0 N–H and O–H groups in total. The van der Waals surface area contributed by atoms with Crippen LogP contribution in [0.5, 0.6) is 11.5 Å². The Bertz CT molecular complexity index is 1980. The van der Waals surface area contributed by atoms with Gasteiger partial charge in [0.25, 0.3) is 5.56 Å². The summed E-state index contributed by atoms with van der Waals surface area (Å²) in [5.41, 5.74) is 4.43. The maximum atomic E-state index is 14.0. The van der Waals surface area contributed by atoms with Gasteiger partial charge in [0.2, 0.25) is 0 Å². The number of thiazole rings is 1. The molecule has 0 saturated heterocycles. The van der Waals surface area contributed by atoms with Gasteiger partial charge in [-0.2, -0.15) is 5.26 Å². The first kappa shape index (κ1) is 31.3. The normalized spacial score (nSPS) is 14.3. The van der Waals surface area contributed by atoms with Crippen LogP contribution in [0.3, 0.4) is 0 Å². The zero-order valence-corrected chi connectivity index (χ0v) is 26.7. The highest BCUT2D eigenvalue weighted by Gasteiger charge is 2.33. The van der Waals surface area contributed by atoms with Crippen molar-refractivity contribution in [1.29, 1.82) is 5.26 Å². The summed E-state index contributed by atoms with van der Waals surface area (Å²) in [6.45, 7) is 6.24. The summed E-state index contributed by atoms with van der Waals surface area (Å²) in [7, 11) is 3.91. The van der Waals surface area contributed by atoms with E-state index in [0.717, 1.165) is 22.4 Å². The van der Waals surface area contributed by atoms with E-state index in [1.165, 1.54) is 11.3 Å². The van der Waals surface area contributed by atoms with E-state index in [0.29, 0.717) is 44.3 Å². The first-order valence-electron chi connectivity index (χ1n) is 14.6. The van der Waals surface area contributed by atoms with E-state index in [1.54, 1.807) is 36.6 Å². The Morgan fingerprint density at radius 1 is 1.04 bits per heavy atom. The highest BCUT2D eigenvalue weighted by Crippen LogP contribution is 2.32. The monoisotopic (exact) mass is 622 g/mol. The van der Waals surface area contributed by atoms with Crippen molar-refractivity contribution >= 4 is 29.1 Å². The van der Waals surface area contributed by atoms with E-state index >= 15 is 0 Å². The van der Waals surface area contributed by atoms with Crippen LogP contribution in [0.15, 0.2) is 87.8 Å². The highest BCUT2D eigenvalue weighted by atomic mass is 32.1. The molecule has 2 heterocycles. The van der Waals surface area contributed by atoms with Crippen molar-refractivity contribution in [2.24, 2.45) is 4.99 Å². The molecule has 1 aromatic heterocycles. The first-order valence-corrected chi connectivity index (χ1v) is 15.4. The number of rotatable bonds is 10. The van der Waals surface area contributed by atoms with Crippen molar-refractivity contribution in [3.05, 3.63) is 120 Å². The molecule has 0 bridgehead atoms. The number of hydrogen-bond acceptors (Lipinski definition) is 9. The number of anilines is 1. The number of benzene rings is 3. The molecular weight excluding hydrogens is 588 g/mol. The second-order valence-corrected chi connectivity index (χ2v) is 11.5. The lowest BCUT2D eigenvalue weighted by molar-refractivity contribution is -0.139. The van der Waals surface area contributed by atoms with E-state index in [2.05, 4.69) is 11.1 Å². The molecule has 3 aromatic carbocycles. The summed E-state index contributed by atoms with van der Waals surface area (Å²) in [4.78, 5) is 34.4. The van der Waals surface area contributed by atoms with Gasteiger partial charge in [0, 0.05) is 25.3 Å². The fourth-order valence-electron chi connectivity index (χ4n) is 5.13. The van der Waals surface area contributed by atoms with Crippen LogP contribution in [0.1, 0.15) is 49.1 Å². The Kier molecular flexibility index (Phi) is 9.50. The Morgan fingerprint density at radius 3 is 2.49 bits per heavy atom. The second kappa shape index (κ2) is 13.7. The zero-order chi connectivity index (χ0) is 32.1. The Balaban J connectivity index is 1.55. The van der Waals surface area contributed by atoms with Crippen LogP contribution >= 0.6 is 11.3 Å². The van der Waals surface area contributed by atoms with Crippen LogP contribution < -0.4 is 29.3 Å². The number of nitrogens with zero attached hydrogens (tertiary/aromatic N) is 4. The quantitative estimate of drug-likeness (QED) is 0.236. The molecular formula is C35H34N4O5S. The van der Waals surface area contributed by atoms with Gasteiger partial charge in [-0.25, -0.2) is 9.79 Å². The zero-order valence-electron chi connectivity index (χ0n) is 25.9. The predicted molar refractivity (Wildman–Crippen MR) is 174 cm³/mol. The number of carbonyl (C=O) groups excluding carboxylic acids is 1. The SMILES string of the molecule is CCOC(=O)C1=C(C)N=c2s/c(=C/c3ccc(OCc4ccccc4C#N)c(OCC)c3)c(=O)n2[C@H]1c1ccc(N(C)C)cc1. The fourth-order valence-corrected chi connectivity index (χ4v) is 6.17. The largest absolute Gasteiger partial charge is 0.490 e. The van der Waals surface area contributed by atoms with Gasteiger partial charge in [-0.05, 0) is 68.3 Å². The average Bonchev–Trinajstić information content (AvgIpc) is 3.34. The molecule has 45 heavy (non-hydrogen) atoms. The lowest BCUT2D eigenvalue weighted by Crippen LogP contribution is -2.39. The smallest absolute Gasteiger partial charge is 0.338 e. The Morgan fingerprint density at radius 2 is 1.80 bits per heavy atom. The molecule has 9 nitrogen and oxygen atoms in total. The summed E-state index contributed by atoms with van der Waals surface area (Å²) in [6, 6.07) is 22.0. The van der Waals surface area contributed by atoms with Crippen molar-refractivity contribution in [2.45, 2.75) is 33.4 Å². The van der Waals surface area contributed by atoms with E-state index in [1.807, 2.05) is 80.5 Å². The van der Waals surface area contributed by atoms with Crippen molar-refractivity contribution in [3.8, 4) is 17.6 Å². The van der Waals surface area contributed by atoms with Gasteiger partial charge in [-0.15, -0.1) is 0 Å². The van der Waals surface area contributed by atoms with Gasteiger partial charge in [-0.1, -0.05) is 47.7 Å². The molecule has 0 unspecified atom stereocenters. The van der Waals surface area contributed by atoms with Gasteiger partial charge in [0.15, 0.2) is 16.3 Å². The van der Waals surface area contributed by atoms with Crippen molar-refractivity contribution < 1.29 is 19.0 Å². The minimum Gasteiger partial charge on any atom is -0.490 e. The first-order chi connectivity index (χ1) is 21.7. The molecule has 10 heteroatoms. The third kappa shape index (κ3) is 6.54. The van der Waals surface area contributed by atoms with E-state index < -0.39 is 12.0 Å². The third-order valence-corrected chi connectivity index (χ3v) is 8.31. The molecule has 1 atom stereocenters. The topological polar surface area (TPSA) is 106 Å². The number of ether oxygens (including phenoxy) is 3. The molecule has 4 aromatic rings. The highest BCUT2D eigenvalue weighted by molar-refractivity contribution is 7.07. The average molecular weight is 623 g/mol. The van der Waals surface area contributed by atoms with Gasteiger partial charge in [0.05, 0.1) is 46.7 Å². The molecule has 0 amide bonds. The van der Waals surface area contributed by atoms with Crippen molar-refractivity contribution in [2.75, 3.05) is 32.2 Å². The summed E-state index contributed by atoms with van der Waals surface area (Å²) in [6.07, 6.45) is 1.79. The third-order valence-electron chi connectivity index (χ3n) is 7.33. The second-order valence-electron chi connectivity index (χ2n) is 10.5. The number of fused-ring (bicyclic) bond motifs is 1. The Labute approximate surface area is 265 Å². The maximum absolute atomic E-state index is 14.0. The minimum atomic E-state index is -0.690. The Hall–Kier alpha value is -5.14. The van der Waals surface area contributed by atoms with Crippen LogP contribution in [0, 0.1) is 11.3 Å². The number of carbonyl (C=O) groups is 1. The fraction of sp³-hybridized carbons (Fsp3) is 0.257. The van der Waals surface area contributed by atoms with E-state index in [-0.39, 0.29) is 18.8 Å². The molecule has 0 saturated carbocycles. The minimum absolute atomic E-state index is 0.207. The van der Waals surface area contributed by atoms with Crippen LogP contribution in [-0.4, -0.2) is 37.8 Å². The van der Waals surface area contributed by atoms with Crippen LogP contribution in [0.4, 0.5) is 5.69 Å². The molecule has 0 aliphatic carbocycles. The summed E-state index contributed by atoms with van der Waals surface area (Å²) < 4.78 is 19.4. The molecule has 230 valence electrons. The molecule has 5 rings (SSSR count). The van der Waals surface area contributed by atoms with Crippen LogP contribution in [0.25, 0.3) is 6.08 Å². The molecule has 0 radical (unpaired) electrons. The van der Waals surface area contributed by atoms with Gasteiger partial charge in [0.1, 0.15) is 6.61 Å². The number of nitriles is 1. The number of esters is 1. The van der Waals surface area contributed by atoms with Crippen molar-refractivity contribution in [1.82, 2.24) is 4.57 Å². The number of aromatic nitrogens is 1. The van der Waals surface area contributed by atoms with E-state index in [9.17, 15) is 14.9 Å². The number of allylic oxidation sites excluding steroid dienone is 1. The van der Waals surface area contributed by atoms with E-state index in [4.69, 9.17) is 14.2 Å². The van der Waals surface area contributed by atoms with Gasteiger partial charge < -0.3 is 19.1 Å². The lowest BCUT2D eigenvalue weighted by atomic mass is 9.95. The summed E-state index contributed by atoms with van der Waals surface area (Å²) >= 11 is 1.26. The molecule has 1 aliphatic heterocycles. The predicted octanol–water partition coefficient (Wildman–Crippen LogP) is 4.71. The van der Waals surface area contributed by atoms with Crippen LogP contribution in [0.2, 0.25) is 0 Å². The lowest BCUT2D eigenvalue weighted by Gasteiger charge is -2.25. The summed E-state index contributed by atoms with van der Waals surface area (Å²) in [5.74, 6) is 0.552. The maximum Gasteiger partial charge on any atom is 0.338 e. The summed E-state index contributed by atoms with van der Waals surface area (Å²) in [5, 5.41) is 9.41. The van der Waals surface area contributed by atoms with Crippen LogP contribution in [-0.2, 0) is 16.1 Å². The number of hydrogen-bond donors (Lipinski definition) is 0. The standard InChI is InChI=1S/C35H34N4O5S/c1-6-42-29-18-23(12-17-28(29)44-21-26-11-9-8-10-25(26)20-36)19-30-33(40)39-32(24-13-15-27(16-14-24)38(4)5)31(34(41)43-7-2)22(3)37-35(39)45-30/h8-19,32H,6-7,21H2,1-5H3/b30-19+/t32-/m0/s1. The van der Waals surface area contributed by atoms with Gasteiger partial charge in [-0.3, -0.25) is 9.36 Å². The van der Waals surface area contributed by atoms with Crippen molar-refractivity contribution in [3.63, 3.8) is 0 Å². The molecule has 0 fully saturated rings. The molecule has 0 spiro atoms. The molecule has 1 aliphatic rings. The van der Waals surface area contributed by atoms with Gasteiger partial charge >= 0.3 is 5.97 Å².